The molecule has 0 bridgehead atoms. The molecule has 1 unspecified atom stereocenters. The number of hydrogen-bond donors (Lipinski definition) is 1. The monoisotopic (exact) mass is 330 g/mol. The molecular formula is C17H31BrO. The van der Waals surface area contributed by atoms with Gasteiger partial charge in [0.1, 0.15) is 0 Å². The Labute approximate surface area is 128 Å². The molecule has 1 N–H and O–H groups in total. The lowest BCUT2D eigenvalue weighted by Crippen LogP contribution is -2.12. The van der Waals surface area contributed by atoms with Gasteiger partial charge in [-0.15, -0.1) is 0 Å². The molecule has 0 aliphatic heterocycles. The van der Waals surface area contributed by atoms with Crippen molar-refractivity contribution in [3.8, 4) is 0 Å². The summed E-state index contributed by atoms with van der Waals surface area (Å²) in [4.78, 5) is 0. The molecule has 0 spiro atoms. The van der Waals surface area contributed by atoms with Crippen molar-refractivity contribution in [2.24, 2.45) is 0 Å². The second-order valence-electron chi connectivity index (χ2n) is 5.92. The van der Waals surface area contributed by atoms with Crippen molar-refractivity contribution < 1.29 is 5.11 Å². The first-order valence-corrected chi connectivity index (χ1v) is 9.10. The first kappa shape index (κ1) is 17.2. The van der Waals surface area contributed by atoms with Gasteiger partial charge >= 0.3 is 0 Å². The van der Waals surface area contributed by atoms with E-state index in [1.165, 1.54) is 67.8 Å². The lowest BCUT2D eigenvalue weighted by Gasteiger charge is -2.18. The molecular weight excluding hydrogens is 300 g/mol. The van der Waals surface area contributed by atoms with Crippen molar-refractivity contribution in [3.63, 3.8) is 0 Å². The second kappa shape index (κ2) is 10.9. The Balaban J connectivity index is 2.59. The van der Waals surface area contributed by atoms with Gasteiger partial charge in [-0.25, -0.2) is 0 Å². The number of aliphatic hydroxyl groups excluding tert-OH is 1. The standard InChI is InChI=1S/C17H31BrO/c1-2-3-14-17(19)15-12-10-8-6-4-5-7-9-11-13-16(15)18/h17,19H,2-14H2,1H3/b16-15-. The maximum Gasteiger partial charge on any atom is 0.0760 e. The SMILES string of the molecule is CCCCC(O)/C1=C(\Br)CCCCCCCCCC1. The number of unbranched alkanes of at least 4 members (excludes halogenated alkanes) is 1. The third kappa shape index (κ3) is 7.51. The zero-order valence-corrected chi connectivity index (χ0v) is 14.2. The van der Waals surface area contributed by atoms with Gasteiger partial charge in [-0.05, 0) is 42.2 Å². The highest BCUT2D eigenvalue weighted by Crippen LogP contribution is 2.29. The predicted molar refractivity (Wildman–Crippen MR) is 87.7 cm³/mol. The Morgan fingerprint density at radius 1 is 0.947 bits per heavy atom. The van der Waals surface area contributed by atoms with Gasteiger partial charge < -0.3 is 5.11 Å². The number of rotatable bonds is 4. The Morgan fingerprint density at radius 2 is 1.47 bits per heavy atom. The van der Waals surface area contributed by atoms with Gasteiger partial charge in [0.05, 0.1) is 6.10 Å². The molecule has 19 heavy (non-hydrogen) atoms. The summed E-state index contributed by atoms with van der Waals surface area (Å²) in [5, 5.41) is 10.4. The van der Waals surface area contributed by atoms with Gasteiger partial charge in [-0.3, -0.25) is 0 Å². The normalized spacial score (nSPS) is 25.4. The quantitative estimate of drug-likeness (QED) is 0.660. The molecule has 2 heteroatoms. The van der Waals surface area contributed by atoms with Crippen molar-refractivity contribution in [3.05, 3.63) is 10.1 Å². The highest BCUT2D eigenvalue weighted by Gasteiger charge is 2.14. The summed E-state index contributed by atoms with van der Waals surface area (Å²) < 4.78 is 1.30. The predicted octanol–water partition coefficient (Wildman–Crippen LogP) is 6.10. The van der Waals surface area contributed by atoms with Crippen LogP contribution < -0.4 is 0 Å². The van der Waals surface area contributed by atoms with Crippen LogP contribution in [0.3, 0.4) is 0 Å². The summed E-state index contributed by atoms with van der Waals surface area (Å²) in [5.41, 5.74) is 1.30. The van der Waals surface area contributed by atoms with Gasteiger partial charge in [-0.2, -0.15) is 0 Å². The van der Waals surface area contributed by atoms with Crippen LogP contribution in [0.2, 0.25) is 0 Å². The Hall–Kier alpha value is 0.180. The van der Waals surface area contributed by atoms with Crippen LogP contribution in [0, 0.1) is 0 Å². The fourth-order valence-corrected chi connectivity index (χ4v) is 3.61. The summed E-state index contributed by atoms with van der Waals surface area (Å²) >= 11 is 3.76. The average molecular weight is 331 g/mol. The Kier molecular flexibility index (Phi) is 9.89. The summed E-state index contributed by atoms with van der Waals surface area (Å²) in [5.74, 6) is 0. The summed E-state index contributed by atoms with van der Waals surface area (Å²) in [6.07, 6.45) is 16.0. The molecule has 1 aliphatic carbocycles. The second-order valence-corrected chi connectivity index (χ2v) is 6.87. The molecule has 0 saturated carbocycles. The number of allylic oxidation sites excluding steroid dienone is 1. The molecule has 1 rings (SSSR count). The van der Waals surface area contributed by atoms with Gasteiger partial charge in [0.25, 0.3) is 0 Å². The lowest BCUT2D eigenvalue weighted by molar-refractivity contribution is 0.191. The minimum Gasteiger partial charge on any atom is -0.389 e. The molecule has 0 aromatic rings. The third-order valence-corrected chi connectivity index (χ3v) is 5.08. The van der Waals surface area contributed by atoms with E-state index in [2.05, 4.69) is 22.9 Å². The minimum absolute atomic E-state index is 0.211. The van der Waals surface area contributed by atoms with Crippen molar-refractivity contribution in [2.45, 2.75) is 96.5 Å². The molecule has 0 fully saturated rings. The Morgan fingerprint density at radius 3 is 2.05 bits per heavy atom. The van der Waals surface area contributed by atoms with Crippen molar-refractivity contribution in [1.29, 1.82) is 0 Å². The van der Waals surface area contributed by atoms with Gasteiger partial charge in [0.15, 0.2) is 0 Å². The van der Waals surface area contributed by atoms with Gasteiger partial charge in [0.2, 0.25) is 0 Å². The number of halogens is 1. The highest BCUT2D eigenvalue weighted by atomic mass is 79.9. The molecule has 0 aromatic carbocycles. The van der Waals surface area contributed by atoms with Gasteiger partial charge in [-0.1, -0.05) is 74.2 Å². The first-order chi connectivity index (χ1) is 9.25. The van der Waals surface area contributed by atoms with E-state index in [4.69, 9.17) is 0 Å². The van der Waals surface area contributed by atoms with E-state index < -0.39 is 0 Å². The van der Waals surface area contributed by atoms with E-state index in [-0.39, 0.29) is 6.10 Å². The zero-order chi connectivity index (χ0) is 13.9. The summed E-state index contributed by atoms with van der Waals surface area (Å²) in [7, 11) is 0. The largest absolute Gasteiger partial charge is 0.389 e. The molecule has 1 aliphatic rings. The van der Waals surface area contributed by atoms with Crippen LogP contribution >= 0.6 is 15.9 Å². The average Bonchev–Trinajstić information content (AvgIpc) is 2.40. The van der Waals surface area contributed by atoms with Crippen LogP contribution in [0.1, 0.15) is 90.4 Å². The molecule has 0 saturated heterocycles. The molecule has 0 radical (unpaired) electrons. The summed E-state index contributed by atoms with van der Waals surface area (Å²) in [6, 6.07) is 0. The number of hydrogen-bond acceptors (Lipinski definition) is 1. The lowest BCUT2D eigenvalue weighted by atomic mass is 9.95. The minimum atomic E-state index is -0.211. The Bertz CT molecular complexity index is 260. The zero-order valence-electron chi connectivity index (χ0n) is 12.6. The molecule has 0 aromatic heterocycles. The van der Waals surface area contributed by atoms with Crippen LogP contribution in [0.4, 0.5) is 0 Å². The molecule has 1 nitrogen and oxygen atoms in total. The van der Waals surface area contributed by atoms with E-state index in [0.717, 1.165) is 25.7 Å². The summed E-state index contributed by atoms with van der Waals surface area (Å²) in [6.45, 7) is 2.19. The molecule has 112 valence electrons. The highest BCUT2D eigenvalue weighted by molar-refractivity contribution is 9.11. The van der Waals surface area contributed by atoms with Crippen molar-refractivity contribution in [1.82, 2.24) is 0 Å². The van der Waals surface area contributed by atoms with Crippen molar-refractivity contribution >= 4 is 15.9 Å². The van der Waals surface area contributed by atoms with Crippen LogP contribution in [0.25, 0.3) is 0 Å². The number of aliphatic hydroxyl groups is 1. The van der Waals surface area contributed by atoms with Crippen LogP contribution in [-0.4, -0.2) is 11.2 Å². The van der Waals surface area contributed by atoms with Crippen LogP contribution in [-0.2, 0) is 0 Å². The smallest absolute Gasteiger partial charge is 0.0760 e. The van der Waals surface area contributed by atoms with E-state index in [0.29, 0.717) is 0 Å². The first-order valence-electron chi connectivity index (χ1n) is 8.31. The van der Waals surface area contributed by atoms with E-state index >= 15 is 0 Å². The fourth-order valence-electron chi connectivity index (χ4n) is 2.87. The molecule has 0 heterocycles. The molecule has 1 atom stereocenters. The van der Waals surface area contributed by atoms with E-state index in [1.807, 2.05) is 0 Å². The fraction of sp³-hybridized carbons (Fsp3) is 0.882. The third-order valence-electron chi connectivity index (χ3n) is 4.17. The van der Waals surface area contributed by atoms with Crippen LogP contribution in [0.5, 0.6) is 0 Å². The van der Waals surface area contributed by atoms with E-state index in [9.17, 15) is 5.11 Å². The van der Waals surface area contributed by atoms with Crippen LogP contribution in [0.15, 0.2) is 10.1 Å². The maximum atomic E-state index is 10.4. The molecule has 0 amide bonds. The maximum absolute atomic E-state index is 10.4. The van der Waals surface area contributed by atoms with Gasteiger partial charge in [0, 0.05) is 0 Å². The van der Waals surface area contributed by atoms with E-state index in [1.54, 1.807) is 0 Å². The topological polar surface area (TPSA) is 20.2 Å². The van der Waals surface area contributed by atoms with Crippen molar-refractivity contribution in [2.75, 3.05) is 0 Å².